The Balaban J connectivity index is 2.89. The van der Waals surface area contributed by atoms with Crippen LogP contribution < -0.4 is 0 Å². The fraction of sp³-hybridized carbons (Fsp3) is 0.400. The van der Waals surface area contributed by atoms with Crippen LogP contribution in [0.5, 0.6) is 0 Å². The van der Waals surface area contributed by atoms with Crippen LogP contribution in [0.4, 0.5) is 0 Å². The lowest BCUT2D eigenvalue weighted by atomic mass is 10.2. The van der Waals surface area contributed by atoms with Crippen LogP contribution >= 0.6 is 0 Å². The number of aliphatic carboxylic acids is 1. The molecule has 0 bridgehead atoms. The molecule has 1 atom stereocenters. The van der Waals surface area contributed by atoms with Gasteiger partial charge >= 0.3 is 11.9 Å². The number of carboxylic acid groups (broad SMARTS) is 1. The molecular formula is C10H13NO4. The van der Waals surface area contributed by atoms with E-state index in [0.29, 0.717) is 5.69 Å². The van der Waals surface area contributed by atoms with Gasteiger partial charge in [-0.25, -0.2) is 4.79 Å². The third-order valence-corrected chi connectivity index (χ3v) is 2.12. The van der Waals surface area contributed by atoms with Crippen molar-refractivity contribution >= 4 is 11.9 Å². The molecule has 0 aromatic carbocycles. The molecule has 1 unspecified atom stereocenters. The molecule has 0 fully saturated rings. The van der Waals surface area contributed by atoms with Crippen molar-refractivity contribution in [1.82, 2.24) is 4.57 Å². The van der Waals surface area contributed by atoms with Gasteiger partial charge in [0.05, 0.1) is 13.5 Å². The van der Waals surface area contributed by atoms with E-state index < -0.39 is 11.9 Å². The summed E-state index contributed by atoms with van der Waals surface area (Å²) >= 11 is 0. The summed E-state index contributed by atoms with van der Waals surface area (Å²) in [6, 6.07) is 3.01. The molecule has 82 valence electrons. The first-order valence-corrected chi connectivity index (χ1v) is 4.53. The smallest absolute Gasteiger partial charge is 0.354 e. The Hall–Kier alpha value is -1.78. The quantitative estimate of drug-likeness (QED) is 0.762. The van der Waals surface area contributed by atoms with Crippen LogP contribution in [0.3, 0.4) is 0 Å². The van der Waals surface area contributed by atoms with Gasteiger partial charge in [-0.2, -0.15) is 0 Å². The monoisotopic (exact) mass is 211 g/mol. The highest BCUT2D eigenvalue weighted by Crippen LogP contribution is 2.15. The normalized spacial score (nSPS) is 12.1. The summed E-state index contributed by atoms with van der Waals surface area (Å²) in [5, 5.41) is 8.64. The van der Waals surface area contributed by atoms with Crippen LogP contribution in [0.2, 0.25) is 0 Å². The number of aromatic nitrogens is 1. The van der Waals surface area contributed by atoms with Crippen LogP contribution in [0.15, 0.2) is 18.3 Å². The molecule has 1 N–H and O–H groups in total. The number of ether oxygens (including phenoxy) is 1. The van der Waals surface area contributed by atoms with Gasteiger partial charge in [0.1, 0.15) is 5.69 Å². The number of carboxylic acids is 1. The number of carbonyl (C=O) groups excluding carboxylic acids is 1. The molecule has 1 rings (SSSR count). The van der Waals surface area contributed by atoms with Crippen molar-refractivity contribution in [2.75, 3.05) is 7.11 Å². The molecule has 1 heterocycles. The Kier molecular flexibility index (Phi) is 3.49. The predicted molar refractivity (Wildman–Crippen MR) is 52.7 cm³/mol. The second kappa shape index (κ2) is 4.63. The summed E-state index contributed by atoms with van der Waals surface area (Å²) in [4.78, 5) is 21.8. The third-order valence-electron chi connectivity index (χ3n) is 2.12. The van der Waals surface area contributed by atoms with E-state index in [1.54, 1.807) is 29.8 Å². The highest BCUT2D eigenvalue weighted by molar-refractivity contribution is 5.87. The van der Waals surface area contributed by atoms with Crippen molar-refractivity contribution < 1.29 is 19.4 Å². The molecule has 5 nitrogen and oxygen atoms in total. The minimum Gasteiger partial charge on any atom is -0.481 e. The molecule has 1 aromatic rings. The SMILES string of the molecule is COC(=O)c1cccn1C(C)CC(=O)O. The first kappa shape index (κ1) is 11.3. The highest BCUT2D eigenvalue weighted by Gasteiger charge is 2.16. The number of rotatable bonds is 4. The lowest BCUT2D eigenvalue weighted by Crippen LogP contribution is -2.16. The van der Waals surface area contributed by atoms with Gasteiger partial charge in [0.25, 0.3) is 0 Å². The number of hydrogen-bond donors (Lipinski definition) is 1. The van der Waals surface area contributed by atoms with Gasteiger partial charge in [0, 0.05) is 12.2 Å². The number of methoxy groups -OCH3 is 1. The lowest BCUT2D eigenvalue weighted by molar-refractivity contribution is -0.137. The van der Waals surface area contributed by atoms with Gasteiger partial charge in [-0.15, -0.1) is 0 Å². The van der Waals surface area contributed by atoms with Crippen LogP contribution in [0.1, 0.15) is 29.9 Å². The van der Waals surface area contributed by atoms with E-state index in [1.165, 1.54) is 7.11 Å². The summed E-state index contributed by atoms with van der Waals surface area (Å²) in [6.45, 7) is 1.74. The standard InChI is InChI=1S/C10H13NO4/c1-7(6-9(12)13)11-5-3-4-8(11)10(14)15-2/h3-5,7H,6H2,1-2H3,(H,12,13). The topological polar surface area (TPSA) is 68.5 Å². The molecule has 0 radical (unpaired) electrons. The minimum absolute atomic E-state index is 0.0291. The van der Waals surface area contributed by atoms with E-state index in [-0.39, 0.29) is 12.5 Å². The largest absolute Gasteiger partial charge is 0.481 e. The molecule has 0 amide bonds. The number of nitrogens with zero attached hydrogens (tertiary/aromatic N) is 1. The predicted octanol–water partition coefficient (Wildman–Crippen LogP) is 1.31. The van der Waals surface area contributed by atoms with E-state index in [0.717, 1.165) is 0 Å². The zero-order chi connectivity index (χ0) is 11.4. The van der Waals surface area contributed by atoms with E-state index in [1.807, 2.05) is 0 Å². The van der Waals surface area contributed by atoms with Crippen LogP contribution in [-0.2, 0) is 9.53 Å². The van der Waals surface area contributed by atoms with Crippen molar-refractivity contribution in [3.63, 3.8) is 0 Å². The molecule has 0 saturated heterocycles. The molecule has 0 aliphatic rings. The first-order chi connectivity index (χ1) is 7.06. The maximum Gasteiger partial charge on any atom is 0.354 e. The van der Waals surface area contributed by atoms with Gasteiger partial charge in [0.15, 0.2) is 0 Å². The number of carbonyl (C=O) groups is 2. The average molecular weight is 211 g/mol. The van der Waals surface area contributed by atoms with Crippen molar-refractivity contribution in [3.8, 4) is 0 Å². The van der Waals surface area contributed by atoms with Gasteiger partial charge in [-0.1, -0.05) is 0 Å². The second-order valence-electron chi connectivity index (χ2n) is 3.24. The van der Waals surface area contributed by atoms with Gasteiger partial charge in [-0.05, 0) is 19.1 Å². The van der Waals surface area contributed by atoms with E-state index in [9.17, 15) is 9.59 Å². The fourth-order valence-electron chi connectivity index (χ4n) is 1.41. The Morgan fingerprint density at radius 3 is 2.80 bits per heavy atom. The van der Waals surface area contributed by atoms with Crippen molar-refractivity contribution in [2.24, 2.45) is 0 Å². The molecule has 15 heavy (non-hydrogen) atoms. The zero-order valence-corrected chi connectivity index (χ0v) is 8.64. The summed E-state index contributed by atoms with van der Waals surface area (Å²) in [7, 11) is 1.29. The Bertz CT molecular complexity index is 369. The number of hydrogen-bond acceptors (Lipinski definition) is 3. The van der Waals surface area contributed by atoms with Gasteiger partial charge in [0.2, 0.25) is 0 Å². The minimum atomic E-state index is -0.896. The van der Waals surface area contributed by atoms with E-state index in [4.69, 9.17) is 5.11 Å². The highest BCUT2D eigenvalue weighted by atomic mass is 16.5. The average Bonchev–Trinajstić information content (AvgIpc) is 2.63. The molecular weight excluding hydrogens is 198 g/mol. The lowest BCUT2D eigenvalue weighted by Gasteiger charge is -2.14. The third kappa shape index (κ3) is 2.59. The van der Waals surface area contributed by atoms with Crippen LogP contribution in [0, 0.1) is 0 Å². The Morgan fingerprint density at radius 2 is 2.27 bits per heavy atom. The van der Waals surface area contributed by atoms with Crippen molar-refractivity contribution in [2.45, 2.75) is 19.4 Å². The molecule has 5 heteroatoms. The molecule has 0 saturated carbocycles. The molecule has 0 aliphatic carbocycles. The van der Waals surface area contributed by atoms with Gasteiger partial charge in [-0.3, -0.25) is 4.79 Å². The van der Waals surface area contributed by atoms with Crippen LogP contribution in [0.25, 0.3) is 0 Å². The first-order valence-electron chi connectivity index (χ1n) is 4.53. The van der Waals surface area contributed by atoms with Gasteiger partial charge < -0.3 is 14.4 Å². The zero-order valence-electron chi connectivity index (χ0n) is 8.64. The van der Waals surface area contributed by atoms with E-state index in [2.05, 4.69) is 4.74 Å². The second-order valence-corrected chi connectivity index (χ2v) is 3.24. The summed E-state index contributed by atoms with van der Waals surface area (Å²) < 4.78 is 6.18. The number of esters is 1. The maximum atomic E-state index is 11.3. The summed E-state index contributed by atoms with van der Waals surface area (Å²) in [5.41, 5.74) is 0.367. The fourth-order valence-corrected chi connectivity index (χ4v) is 1.41. The molecule has 1 aromatic heterocycles. The maximum absolute atomic E-state index is 11.3. The molecule has 0 spiro atoms. The van der Waals surface area contributed by atoms with Crippen molar-refractivity contribution in [1.29, 1.82) is 0 Å². The van der Waals surface area contributed by atoms with Crippen LogP contribution in [-0.4, -0.2) is 28.7 Å². The Morgan fingerprint density at radius 1 is 1.60 bits per heavy atom. The molecule has 0 aliphatic heterocycles. The Labute approximate surface area is 87.3 Å². The summed E-state index contributed by atoms with van der Waals surface area (Å²) in [6.07, 6.45) is 1.64. The van der Waals surface area contributed by atoms with Crippen molar-refractivity contribution in [3.05, 3.63) is 24.0 Å². The van der Waals surface area contributed by atoms with E-state index >= 15 is 0 Å². The summed E-state index contributed by atoms with van der Waals surface area (Å²) in [5.74, 6) is -1.36.